The highest BCUT2D eigenvalue weighted by molar-refractivity contribution is 5.89. The molecule has 0 radical (unpaired) electrons. The van der Waals surface area contributed by atoms with Crippen LogP contribution in [0.2, 0.25) is 0 Å². The number of carbonyl (C=O) groups excluding carboxylic acids is 2. The number of nitrogens with zero attached hydrogens (tertiary/aromatic N) is 1. The third-order valence-corrected chi connectivity index (χ3v) is 6.69. The summed E-state index contributed by atoms with van der Waals surface area (Å²) in [5.74, 6) is -0.317. The van der Waals surface area contributed by atoms with Gasteiger partial charge in [0.1, 0.15) is 6.04 Å². The molecule has 1 heterocycles. The molecule has 3 aromatic carbocycles. The van der Waals surface area contributed by atoms with Gasteiger partial charge in [0.2, 0.25) is 11.8 Å². The van der Waals surface area contributed by atoms with E-state index in [-0.39, 0.29) is 17.7 Å². The second kappa shape index (κ2) is 12.5. The topological polar surface area (TPSA) is 87.5 Å². The van der Waals surface area contributed by atoms with E-state index in [4.69, 9.17) is 5.73 Å². The predicted octanol–water partition coefficient (Wildman–Crippen LogP) is 3.24. The minimum absolute atomic E-state index is 0.0393. The molecule has 184 valence electrons. The molecule has 4 rings (SSSR count). The second-order valence-corrected chi connectivity index (χ2v) is 9.44. The van der Waals surface area contributed by atoms with Crippen LogP contribution in [0.3, 0.4) is 0 Å². The molecule has 1 aliphatic rings. The quantitative estimate of drug-likeness (QED) is 0.395. The molecule has 2 atom stereocenters. The van der Waals surface area contributed by atoms with Crippen molar-refractivity contribution in [2.45, 2.75) is 38.3 Å². The van der Waals surface area contributed by atoms with Gasteiger partial charge in [0.25, 0.3) is 0 Å². The van der Waals surface area contributed by atoms with Crippen LogP contribution in [0.15, 0.2) is 72.8 Å². The fraction of sp³-hybridized carbons (Fsp3) is 0.379. The van der Waals surface area contributed by atoms with Crippen molar-refractivity contribution in [2.24, 2.45) is 11.7 Å². The lowest BCUT2D eigenvalue weighted by atomic mass is 9.95. The maximum absolute atomic E-state index is 13.3. The molecule has 1 fully saturated rings. The van der Waals surface area contributed by atoms with Crippen molar-refractivity contribution in [3.63, 3.8) is 0 Å². The second-order valence-electron chi connectivity index (χ2n) is 9.44. The number of hydrogen-bond donors (Lipinski definition) is 3. The molecule has 1 unspecified atom stereocenters. The summed E-state index contributed by atoms with van der Waals surface area (Å²) in [6.45, 7) is 3.55. The summed E-state index contributed by atoms with van der Waals surface area (Å²) in [6, 6.07) is 24.1. The lowest BCUT2D eigenvalue weighted by Crippen LogP contribution is -2.52. The van der Waals surface area contributed by atoms with Gasteiger partial charge in [0.05, 0.1) is 5.92 Å². The van der Waals surface area contributed by atoms with E-state index in [1.54, 1.807) is 0 Å². The van der Waals surface area contributed by atoms with Crippen LogP contribution >= 0.6 is 0 Å². The Kier molecular flexibility index (Phi) is 8.87. The number of amides is 2. The van der Waals surface area contributed by atoms with Crippen LogP contribution in [0.5, 0.6) is 0 Å². The number of fused-ring (bicyclic) bond motifs is 1. The van der Waals surface area contributed by atoms with Crippen molar-refractivity contribution in [3.05, 3.63) is 83.9 Å². The Morgan fingerprint density at radius 2 is 1.74 bits per heavy atom. The number of nitrogens with one attached hydrogen (secondary N) is 2. The van der Waals surface area contributed by atoms with Gasteiger partial charge in [-0.2, -0.15) is 0 Å². The smallest absolute Gasteiger partial charge is 0.242 e. The molecule has 0 bridgehead atoms. The fourth-order valence-electron chi connectivity index (χ4n) is 4.79. The average Bonchev–Trinajstić information content (AvgIpc) is 2.89. The summed E-state index contributed by atoms with van der Waals surface area (Å²) in [6.07, 6.45) is 2.97. The van der Waals surface area contributed by atoms with Gasteiger partial charge in [-0.05, 0) is 54.3 Å². The first-order valence-electron chi connectivity index (χ1n) is 12.6. The number of piperidine rings is 1. The number of carbonyl (C=O) groups is 2. The summed E-state index contributed by atoms with van der Waals surface area (Å²) in [5, 5.41) is 8.32. The van der Waals surface area contributed by atoms with Crippen molar-refractivity contribution in [3.8, 4) is 0 Å². The highest BCUT2D eigenvalue weighted by Crippen LogP contribution is 2.20. The van der Waals surface area contributed by atoms with Gasteiger partial charge in [-0.3, -0.25) is 14.5 Å². The maximum atomic E-state index is 13.3. The summed E-state index contributed by atoms with van der Waals surface area (Å²) >= 11 is 0. The molecule has 6 nitrogen and oxygen atoms in total. The molecular formula is C29H36N4O2. The van der Waals surface area contributed by atoms with E-state index in [9.17, 15) is 9.59 Å². The van der Waals surface area contributed by atoms with Crippen LogP contribution in [-0.4, -0.2) is 48.9 Å². The van der Waals surface area contributed by atoms with Crippen LogP contribution in [0.25, 0.3) is 10.8 Å². The molecule has 0 saturated carbocycles. The Bertz CT molecular complexity index is 1120. The van der Waals surface area contributed by atoms with E-state index in [1.807, 2.05) is 36.4 Å². The van der Waals surface area contributed by atoms with Crippen molar-refractivity contribution in [1.82, 2.24) is 15.5 Å². The van der Waals surface area contributed by atoms with Crippen LogP contribution < -0.4 is 16.4 Å². The highest BCUT2D eigenvalue weighted by atomic mass is 16.2. The number of likely N-dealkylation sites (tertiary alicyclic amines) is 1. The van der Waals surface area contributed by atoms with Gasteiger partial charge in [-0.25, -0.2) is 0 Å². The predicted molar refractivity (Wildman–Crippen MR) is 141 cm³/mol. The largest absolute Gasteiger partial charge is 0.354 e. The van der Waals surface area contributed by atoms with E-state index >= 15 is 0 Å². The first-order chi connectivity index (χ1) is 17.1. The average molecular weight is 473 g/mol. The molecule has 4 N–H and O–H groups in total. The lowest BCUT2D eigenvalue weighted by Gasteiger charge is -2.33. The monoisotopic (exact) mass is 472 g/mol. The van der Waals surface area contributed by atoms with Crippen LogP contribution in [0.4, 0.5) is 0 Å². The molecule has 1 aliphatic heterocycles. The highest BCUT2D eigenvalue weighted by Gasteiger charge is 2.29. The molecule has 0 aromatic heterocycles. The Hall–Kier alpha value is -3.22. The number of benzene rings is 3. The van der Waals surface area contributed by atoms with Crippen molar-refractivity contribution in [2.75, 3.05) is 26.2 Å². The van der Waals surface area contributed by atoms with Crippen molar-refractivity contribution in [1.29, 1.82) is 0 Å². The van der Waals surface area contributed by atoms with E-state index < -0.39 is 6.04 Å². The van der Waals surface area contributed by atoms with Gasteiger partial charge in [0.15, 0.2) is 0 Å². The van der Waals surface area contributed by atoms with E-state index in [2.05, 4.69) is 51.9 Å². The molecule has 6 heteroatoms. The summed E-state index contributed by atoms with van der Waals surface area (Å²) in [7, 11) is 0. The molecular weight excluding hydrogens is 436 g/mol. The Labute approximate surface area is 207 Å². The SMILES string of the molecule is NCCCNC(=O)[C@@H](Cc1ccc2ccccc2c1)NC(=O)C1CCCN(Cc2ccccc2)C1. The van der Waals surface area contributed by atoms with Gasteiger partial charge in [-0.15, -0.1) is 0 Å². The van der Waals surface area contributed by atoms with Gasteiger partial charge < -0.3 is 16.4 Å². The number of rotatable bonds is 10. The van der Waals surface area contributed by atoms with Crippen LogP contribution in [0.1, 0.15) is 30.4 Å². The first-order valence-corrected chi connectivity index (χ1v) is 12.6. The zero-order valence-corrected chi connectivity index (χ0v) is 20.3. The molecule has 0 aliphatic carbocycles. The minimum Gasteiger partial charge on any atom is -0.354 e. The Morgan fingerprint density at radius 3 is 2.54 bits per heavy atom. The van der Waals surface area contributed by atoms with Crippen LogP contribution in [-0.2, 0) is 22.6 Å². The Balaban J connectivity index is 1.43. The van der Waals surface area contributed by atoms with E-state index in [1.165, 1.54) is 5.56 Å². The lowest BCUT2D eigenvalue weighted by molar-refractivity contribution is -0.132. The molecule has 0 spiro atoms. The third-order valence-electron chi connectivity index (χ3n) is 6.69. The maximum Gasteiger partial charge on any atom is 0.242 e. The zero-order valence-electron chi connectivity index (χ0n) is 20.3. The van der Waals surface area contributed by atoms with E-state index in [0.717, 1.165) is 42.3 Å². The number of nitrogens with two attached hydrogens (primary N) is 1. The Morgan fingerprint density at radius 1 is 0.971 bits per heavy atom. The summed E-state index contributed by atoms with van der Waals surface area (Å²) < 4.78 is 0. The molecule has 2 amide bonds. The minimum atomic E-state index is -0.620. The normalized spacial score (nSPS) is 17.1. The van der Waals surface area contributed by atoms with Crippen molar-refractivity contribution >= 4 is 22.6 Å². The van der Waals surface area contributed by atoms with Gasteiger partial charge in [0, 0.05) is 26.1 Å². The van der Waals surface area contributed by atoms with Crippen molar-refractivity contribution < 1.29 is 9.59 Å². The third kappa shape index (κ3) is 7.13. The molecule has 1 saturated heterocycles. The molecule has 35 heavy (non-hydrogen) atoms. The van der Waals surface area contributed by atoms with E-state index in [0.29, 0.717) is 32.5 Å². The number of hydrogen-bond acceptors (Lipinski definition) is 4. The van der Waals surface area contributed by atoms with Crippen LogP contribution in [0, 0.1) is 5.92 Å². The van der Waals surface area contributed by atoms with Gasteiger partial charge in [-0.1, -0.05) is 72.8 Å². The fourth-order valence-corrected chi connectivity index (χ4v) is 4.79. The summed E-state index contributed by atoms with van der Waals surface area (Å²) in [5.41, 5.74) is 7.87. The zero-order chi connectivity index (χ0) is 24.5. The molecule has 3 aromatic rings. The first kappa shape index (κ1) is 24.9. The summed E-state index contributed by atoms with van der Waals surface area (Å²) in [4.78, 5) is 28.7. The van der Waals surface area contributed by atoms with Gasteiger partial charge >= 0.3 is 0 Å². The standard InChI is InChI=1S/C29H36N4O2/c30-15-7-16-31-29(35)27(19-23-13-14-24-10-4-5-11-25(24)18-23)32-28(34)26-12-6-17-33(21-26)20-22-8-2-1-3-9-22/h1-5,8-11,13-14,18,26-27H,6-7,12,15-17,19-21,30H2,(H,31,35)(H,32,34)/t26?,27-/m1/s1.